The molecule has 47 heavy (non-hydrogen) atoms. The first-order valence-corrected chi connectivity index (χ1v) is 17.8. The van der Waals surface area contributed by atoms with Crippen molar-refractivity contribution in [3.8, 4) is 17.4 Å². The maximum atomic E-state index is 15.1. The number of pyridine rings is 1. The average molecular weight is 770 g/mol. The fourth-order valence-electron chi connectivity index (χ4n) is 6.12. The molecular formula is C34H36IN5O6S. The second-order valence-electron chi connectivity index (χ2n) is 11.0. The van der Waals surface area contributed by atoms with E-state index in [0.29, 0.717) is 23.5 Å². The lowest BCUT2D eigenvalue weighted by molar-refractivity contribution is -0.121. The molecule has 3 aromatic carbocycles. The number of amides is 1. The number of methoxy groups -OCH3 is 2. The lowest BCUT2D eigenvalue weighted by Gasteiger charge is -2.32. The third kappa shape index (κ3) is 6.01. The average Bonchev–Trinajstić information content (AvgIpc) is 3.35. The van der Waals surface area contributed by atoms with Crippen LogP contribution in [0.3, 0.4) is 0 Å². The van der Waals surface area contributed by atoms with Gasteiger partial charge in [0.15, 0.2) is 5.54 Å². The largest absolute Gasteiger partial charge is 0.497 e. The molecule has 1 amide bonds. The van der Waals surface area contributed by atoms with Crippen LogP contribution in [0.1, 0.15) is 23.6 Å². The van der Waals surface area contributed by atoms with Crippen molar-refractivity contribution in [3.63, 3.8) is 0 Å². The van der Waals surface area contributed by atoms with Gasteiger partial charge in [-0.1, -0.05) is 12.1 Å². The number of nitrogens with one attached hydrogen (secondary N) is 2. The minimum absolute atomic E-state index is 0.0515. The van der Waals surface area contributed by atoms with Gasteiger partial charge in [0.25, 0.3) is 15.9 Å². The number of benzene rings is 3. The van der Waals surface area contributed by atoms with Gasteiger partial charge in [0.2, 0.25) is 5.88 Å². The van der Waals surface area contributed by atoms with Crippen molar-refractivity contribution in [1.82, 2.24) is 15.6 Å². The fourth-order valence-corrected chi connectivity index (χ4v) is 8.22. The summed E-state index contributed by atoms with van der Waals surface area (Å²) in [5.74, 6) is -0.00964. The SMILES string of the molecule is CCOc1ncccc1C1(NCc2ccc(N3CCNCC3)cc2)C(=O)N(S(=O)(=O)c2ccc(OC)cc2OC)c2ccc(I)cc21. The Bertz CT molecular complexity index is 1880. The molecular weight excluding hydrogens is 733 g/mol. The number of fused-ring (bicyclic) bond motifs is 1. The number of sulfonamides is 1. The summed E-state index contributed by atoms with van der Waals surface area (Å²) in [4.78, 5) is 21.7. The summed E-state index contributed by atoms with van der Waals surface area (Å²) in [5, 5.41) is 6.88. The van der Waals surface area contributed by atoms with Crippen molar-refractivity contribution in [3.05, 3.63) is 99.3 Å². The molecule has 0 spiro atoms. The van der Waals surface area contributed by atoms with Crippen LogP contribution in [0.4, 0.5) is 11.4 Å². The molecule has 13 heteroatoms. The van der Waals surface area contributed by atoms with Gasteiger partial charge in [-0.2, -0.15) is 0 Å². The van der Waals surface area contributed by atoms with Gasteiger partial charge in [0, 0.05) is 65.4 Å². The summed E-state index contributed by atoms with van der Waals surface area (Å²) in [6, 6.07) is 21.3. The number of ether oxygens (including phenoxy) is 3. The zero-order valence-electron chi connectivity index (χ0n) is 26.3. The highest BCUT2D eigenvalue weighted by molar-refractivity contribution is 14.1. The number of nitrogens with zero attached hydrogens (tertiary/aromatic N) is 3. The number of rotatable bonds is 11. The van der Waals surface area contributed by atoms with Crippen molar-refractivity contribution in [2.24, 2.45) is 0 Å². The smallest absolute Gasteiger partial charge is 0.274 e. The van der Waals surface area contributed by atoms with Crippen LogP contribution in [0.2, 0.25) is 0 Å². The van der Waals surface area contributed by atoms with Crippen molar-refractivity contribution < 1.29 is 27.4 Å². The lowest BCUT2D eigenvalue weighted by Crippen LogP contribution is -2.52. The molecule has 0 radical (unpaired) electrons. The molecule has 1 atom stereocenters. The number of carbonyl (C=O) groups is 1. The van der Waals surface area contributed by atoms with E-state index in [1.165, 1.54) is 32.4 Å². The predicted molar refractivity (Wildman–Crippen MR) is 188 cm³/mol. The van der Waals surface area contributed by atoms with Crippen LogP contribution in [0.5, 0.6) is 17.4 Å². The molecule has 0 aliphatic carbocycles. The van der Waals surface area contributed by atoms with Crippen molar-refractivity contribution in [2.75, 3.05) is 56.2 Å². The minimum Gasteiger partial charge on any atom is -0.497 e. The standard InChI is InChI=1S/C34H36IN5O6S/c1-4-46-32-27(6-5-15-37-32)34(38-22-23-7-10-25(11-8-23)39-18-16-36-17-19-39)28-20-24(35)9-13-29(28)40(33(34)41)47(42,43)31-14-12-26(44-2)21-30(31)45-3/h5-15,20-21,36,38H,4,16-19,22H2,1-3H3. The number of hydrogen-bond acceptors (Lipinski definition) is 10. The Morgan fingerprint density at radius 3 is 2.45 bits per heavy atom. The number of halogens is 1. The summed E-state index contributed by atoms with van der Waals surface area (Å²) >= 11 is 2.17. The molecule has 4 aromatic rings. The zero-order chi connectivity index (χ0) is 33.2. The van der Waals surface area contributed by atoms with Crippen LogP contribution in [0.15, 0.2) is 83.9 Å². The highest BCUT2D eigenvalue weighted by Crippen LogP contribution is 2.50. The third-order valence-electron chi connectivity index (χ3n) is 8.41. The van der Waals surface area contributed by atoms with Crippen LogP contribution in [-0.4, -0.2) is 66.3 Å². The highest BCUT2D eigenvalue weighted by Gasteiger charge is 2.57. The Morgan fingerprint density at radius 1 is 0.979 bits per heavy atom. The van der Waals surface area contributed by atoms with Crippen molar-refractivity contribution in [1.29, 1.82) is 0 Å². The molecule has 2 aliphatic rings. The Labute approximate surface area is 288 Å². The molecule has 1 saturated heterocycles. The zero-order valence-corrected chi connectivity index (χ0v) is 29.3. The van der Waals surface area contributed by atoms with Gasteiger partial charge in [-0.25, -0.2) is 17.7 Å². The molecule has 246 valence electrons. The first-order chi connectivity index (χ1) is 22.7. The normalized spacial score (nSPS) is 17.8. The second-order valence-corrected chi connectivity index (χ2v) is 14.0. The molecule has 1 fully saturated rings. The Hall–Kier alpha value is -3.92. The minimum atomic E-state index is -4.50. The topological polar surface area (TPSA) is 122 Å². The number of hydrogen-bond donors (Lipinski definition) is 2. The van der Waals surface area contributed by atoms with Crippen LogP contribution < -0.4 is 34.0 Å². The van der Waals surface area contributed by atoms with Gasteiger partial charge in [-0.15, -0.1) is 0 Å². The maximum absolute atomic E-state index is 15.1. The first kappa shape index (κ1) is 33.0. The monoisotopic (exact) mass is 769 g/mol. The van der Waals surface area contributed by atoms with Gasteiger partial charge in [-0.05, 0) is 89.7 Å². The van der Waals surface area contributed by atoms with E-state index in [9.17, 15) is 8.42 Å². The maximum Gasteiger partial charge on any atom is 0.274 e. The van der Waals surface area contributed by atoms with E-state index in [0.717, 1.165) is 45.3 Å². The molecule has 6 rings (SSSR count). The van der Waals surface area contributed by atoms with E-state index in [2.05, 4.69) is 55.2 Å². The summed E-state index contributed by atoms with van der Waals surface area (Å²) < 4.78 is 47.5. The van der Waals surface area contributed by atoms with Crippen LogP contribution in [0, 0.1) is 3.57 Å². The molecule has 1 aromatic heterocycles. The van der Waals surface area contributed by atoms with Gasteiger partial charge >= 0.3 is 0 Å². The van der Waals surface area contributed by atoms with Gasteiger partial charge in [0.1, 0.15) is 16.4 Å². The second kappa shape index (κ2) is 13.7. The summed E-state index contributed by atoms with van der Waals surface area (Å²) in [5.41, 5.74) is 1.48. The van der Waals surface area contributed by atoms with E-state index in [-0.39, 0.29) is 28.8 Å². The molecule has 2 aliphatic heterocycles. The summed E-state index contributed by atoms with van der Waals surface area (Å²) in [6.45, 7) is 6.09. The van der Waals surface area contributed by atoms with E-state index in [4.69, 9.17) is 14.2 Å². The molecule has 3 heterocycles. The Kier molecular flexibility index (Phi) is 9.60. The van der Waals surface area contributed by atoms with E-state index >= 15 is 4.79 Å². The Morgan fingerprint density at radius 2 is 1.74 bits per heavy atom. The van der Waals surface area contributed by atoms with Gasteiger partial charge < -0.3 is 24.4 Å². The summed E-state index contributed by atoms with van der Waals surface area (Å²) in [6.07, 6.45) is 1.59. The third-order valence-corrected chi connectivity index (χ3v) is 10.8. The predicted octanol–water partition coefficient (Wildman–Crippen LogP) is 4.28. The highest BCUT2D eigenvalue weighted by atomic mass is 127. The van der Waals surface area contributed by atoms with E-state index < -0.39 is 21.5 Å². The van der Waals surface area contributed by atoms with Crippen LogP contribution in [0.25, 0.3) is 0 Å². The molecule has 2 N–H and O–H groups in total. The van der Waals surface area contributed by atoms with Gasteiger partial charge in [-0.3, -0.25) is 10.1 Å². The number of carbonyl (C=O) groups excluding carboxylic acids is 1. The van der Waals surface area contributed by atoms with Gasteiger partial charge in [0.05, 0.1) is 26.5 Å². The molecule has 1 unspecified atom stereocenters. The lowest BCUT2D eigenvalue weighted by atomic mass is 9.84. The number of aromatic nitrogens is 1. The fraction of sp³-hybridized carbons (Fsp3) is 0.294. The molecule has 0 bridgehead atoms. The quantitative estimate of drug-likeness (QED) is 0.214. The van der Waals surface area contributed by atoms with Crippen molar-refractivity contribution >= 4 is 49.9 Å². The summed E-state index contributed by atoms with van der Waals surface area (Å²) in [7, 11) is -1.64. The van der Waals surface area contributed by atoms with E-state index in [1.807, 2.05) is 25.1 Å². The molecule has 0 saturated carbocycles. The molecule has 11 nitrogen and oxygen atoms in total. The first-order valence-electron chi connectivity index (χ1n) is 15.2. The Balaban J connectivity index is 1.49. The van der Waals surface area contributed by atoms with Crippen molar-refractivity contribution in [2.45, 2.75) is 23.9 Å². The van der Waals surface area contributed by atoms with Crippen LogP contribution in [-0.2, 0) is 26.9 Å². The van der Waals surface area contributed by atoms with Crippen LogP contribution >= 0.6 is 22.6 Å². The number of piperazine rings is 1. The number of anilines is 2. The van der Waals surface area contributed by atoms with E-state index in [1.54, 1.807) is 30.5 Å².